The van der Waals surface area contributed by atoms with Crippen LogP contribution in [-0.4, -0.2) is 28.9 Å². The number of rotatable bonds is 2. The minimum atomic E-state index is 0.192. The van der Waals surface area contributed by atoms with Crippen LogP contribution in [0.5, 0.6) is 0 Å². The molecule has 1 amide bonds. The van der Waals surface area contributed by atoms with Gasteiger partial charge in [-0.3, -0.25) is 4.79 Å². The molecule has 1 saturated heterocycles. The molecule has 0 bridgehead atoms. The molecule has 0 atom stereocenters. The van der Waals surface area contributed by atoms with Crippen molar-refractivity contribution in [3.8, 4) is 0 Å². The Balaban J connectivity index is 1.62. The van der Waals surface area contributed by atoms with Gasteiger partial charge in [-0.05, 0) is 38.8 Å². The summed E-state index contributed by atoms with van der Waals surface area (Å²) >= 11 is 3.34. The number of thiazole rings is 1. The maximum absolute atomic E-state index is 12.4. The monoisotopic (exact) mass is 306 g/mol. The number of hydrogen-bond donors (Lipinski definition) is 0. The predicted octanol–water partition coefficient (Wildman–Crippen LogP) is 3.84. The lowest BCUT2D eigenvalue weighted by Crippen LogP contribution is -2.37. The van der Waals surface area contributed by atoms with Crippen molar-refractivity contribution in [3.05, 3.63) is 38.0 Å². The quantitative estimate of drug-likeness (QED) is 0.844. The third-order valence-electron chi connectivity index (χ3n) is 3.72. The highest BCUT2D eigenvalue weighted by molar-refractivity contribution is 7.13. The molecule has 0 spiro atoms. The summed E-state index contributed by atoms with van der Waals surface area (Å²) in [5.74, 6) is 0.722. The van der Waals surface area contributed by atoms with E-state index in [9.17, 15) is 4.79 Å². The largest absolute Gasteiger partial charge is 0.338 e. The fourth-order valence-corrected chi connectivity index (χ4v) is 4.40. The average molecular weight is 306 g/mol. The zero-order valence-electron chi connectivity index (χ0n) is 11.8. The van der Waals surface area contributed by atoms with Crippen LogP contribution in [0, 0.1) is 13.8 Å². The molecule has 3 rings (SSSR count). The Morgan fingerprint density at radius 1 is 1.30 bits per heavy atom. The topological polar surface area (TPSA) is 33.2 Å². The number of aromatic nitrogens is 1. The molecule has 3 nitrogen and oxygen atoms in total. The number of hydrogen-bond acceptors (Lipinski definition) is 4. The number of likely N-dealkylation sites (tertiary alicyclic amines) is 1. The summed E-state index contributed by atoms with van der Waals surface area (Å²) in [6.07, 6.45) is 2.06. The third kappa shape index (κ3) is 2.79. The molecule has 0 radical (unpaired) electrons. The SMILES string of the molecule is Cc1csc(C2CCN(C(=O)c3ccc(C)s3)CC2)n1. The Labute approximate surface area is 127 Å². The summed E-state index contributed by atoms with van der Waals surface area (Å²) in [6, 6.07) is 3.96. The highest BCUT2D eigenvalue weighted by Gasteiger charge is 2.26. The van der Waals surface area contributed by atoms with Crippen molar-refractivity contribution in [2.75, 3.05) is 13.1 Å². The van der Waals surface area contributed by atoms with Gasteiger partial charge in [0.25, 0.3) is 5.91 Å². The summed E-state index contributed by atoms with van der Waals surface area (Å²) in [7, 11) is 0. The number of carbonyl (C=O) groups excluding carboxylic acids is 1. The van der Waals surface area contributed by atoms with E-state index in [1.165, 1.54) is 9.88 Å². The van der Waals surface area contributed by atoms with Crippen molar-refractivity contribution in [3.63, 3.8) is 0 Å². The molecule has 1 fully saturated rings. The van der Waals surface area contributed by atoms with Gasteiger partial charge in [-0.15, -0.1) is 22.7 Å². The van der Waals surface area contributed by atoms with Gasteiger partial charge in [0.15, 0.2) is 0 Å². The lowest BCUT2D eigenvalue weighted by atomic mass is 9.97. The fraction of sp³-hybridized carbons (Fsp3) is 0.467. The number of thiophene rings is 1. The molecule has 2 aromatic heterocycles. The van der Waals surface area contributed by atoms with E-state index in [-0.39, 0.29) is 5.91 Å². The van der Waals surface area contributed by atoms with Crippen LogP contribution in [0.25, 0.3) is 0 Å². The first-order valence-corrected chi connectivity index (χ1v) is 8.61. The van der Waals surface area contributed by atoms with Gasteiger partial charge in [-0.25, -0.2) is 4.98 Å². The highest BCUT2D eigenvalue weighted by Crippen LogP contribution is 2.31. The van der Waals surface area contributed by atoms with Crippen LogP contribution in [0.1, 0.15) is 44.0 Å². The van der Waals surface area contributed by atoms with Crippen LogP contribution < -0.4 is 0 Å². The van der Waals surface area contributed by atoms with Crippen LogP contribution in [0.15, 0.2) is 17.5 Å². The van der Waals surface area contributed by atoms with Crippen molar-refractivity contribution >= 4 is 28.6 Å². The van der Waals surface area contributed by atoms with Crippen molar-refractivity contribution in [2.45, 2.75) is 32.6 Å². The molecule has 106 valence electrons. The standard InChI is InChI=1S/C15H18N2OS2/c1-10-9-19-14(16-10)12-5-7-17(8-6-12)15(18)13-4-3-11(2)20-13/h3-4,9,12H,5-8H2,1-2H3. The molecule has 1 aliphatic rings. The zero-order valence-corrected chi connectivity index (χ0v) is 13.4. The lowest BCUT2D eigenvalue weighted by Gasteiger charge is -2.30. The van der Waals surface area contributed by atoms with E-state index in [0.717, 1.165) is 36.5 Å². The van der Waals surface area contributed by atoms with E-state index in [0.29, 0.717) is 5.92 Å². The molecular formula is C15H18N2OS2. The maximum atomic E-state index is 12.4. The number of carbonyl (C=O) groups is 1. The van der Waals surface area contributed by atoms with Gasteiger partial charge < -0.3 is 4.90 Å². The van der Waals surface area contributed by atoms with Gasteiger partial charge in [0.2, 0.25) is 0 Å². The van der Waals surface area contributed by atoms with E-state index in [4.69, 9.17) is 0 Å². The van der Waals surface area contributed by atoms with E-state index in [1.54, 1.807) is 22.7 Å². The van der Waals surface area contributed by atoms with E-state index >= 15 is 0 Å². The molecule has 5 heteroatoms. The van der Waals surface area contributed by atoms with Gasteiger partial charge in [-0.1, -0.05) is 0 Å². The molecule has 1 aliphatic heterocycles. The van der Waals surface area contributed by atoms with Crippen molar-refractivity contribution < 1.29 is 4.79 Å². The Bertz CT molecular complexity index is 609. The lowest BCUT2D eigenvalue weighted by molar-refractivity contribution is 0.0718. The molecule has 3 heterocycles. The van der Waals surface area contributed by atoms with Crippen molar-refractivity contribution in [2.24, 2.45) is 0 Å². The molecule has 2 aromatic rings. The highest BCUT2D eigenvalue weighted by atomic mass is 32.1. The number of piperidine rings is 1. The Hall–Kier alpha value is -1.20. The van der Waals surface area contributed by atoms with Gasteiger partial charge in [0.05, 0.1) is 9.88 Å². The third-order valence-corrected chi connectivity index (χ3v) is 5.83. The van der Waals surface area contributed by atoms with E-state index < -0.39 is 0 Å². The maximum Gasteiger partial charge on any atom is 0.263 e. The second-order valence-corrected chi connectivity index (χ2v) is 7.48. The predicted molar refractivity (Wildman–Crippen MR) is 83.8 cm³/mol. The molecule has 0 N–H and O–H groups in total. The van der Waals surface area contributed by atoms with E-state index in [1.807, 2.05) is 30.9 Å². The first kappa shape index (κ1) is 13.8. The van der Waals surface area contributed by atoms with Crippen molar-refractivity contribution in [1.82, 2.24) is 9.88 Å². The van der Waals surface area contributed by atoms with E-state index in [2.05, 4.69) is 10.4 Å². The molecule has 20 heavy (non-hydrogen) atoms. The van der Waals surface area contributed by atoms with Crippen LogP contribution >= 0.6 is 22.7 Å². The van der Waals surface area contributed by atoms with Gasteiger partial charge in [-0.2, -0.15) is 0 Å². The number of aryl methyl sites for hydroxylation is 2. The minimum Gasteiger partial charge on any atom is -0.338 e. The zero-order chi connectivity index (χ0) is 14.1. The number of nitrogens with zero attached hydrogens (tertiary/aromatic N) is 2. The fourth-order valence-electron chi connectivity index (χ4n) is 2.59. The summed E-state index contributed by atoms with van der Waals surface area (Å²) in [5, 5.41) is 3.35. The van der Waals surface area contributed by atoms with Crippen LogP contribution in [0.3, 0.4) is 0 Å². The van der Waals surface area contributed by atoms with Gasteiger partial charge in [0.1, 0.15) is 0 Å². The molecule has 0 unspecified atom stereocenters. The van der Waals surface area contributed by atoms with Crippen molar-refractivity contribution in [1.29, 1.82) is 0 Å². The van der Waals surface area contributed by atoms with Gasteiger partial charge in [0, 0.05) is 35.0 Å². The first-order chi connectivity index (χ1) is 9.63. The smallest absolute Gasteiger partial charge is 0.263 e. The summed E-state index contributed by atoms with van der Waals surface area (Å²) in [4.78, 5) is 21.0. The summed E-state index contributed by atoms with van der Waals surface area (Å²) in [5.41, 5.74) is 1.11. The van der Waals surface area contributed by atoms with Crippen LogP contribution in [0.4, 0.5) is 0 Å². The molecular weight excluding hydrogens is 288 g/mol. The first-order valence-electron chi connectivity index (χ1n) is 6.91. The minimum absolute atomic E-state index is 0.192. The Morgan fingerprint density at radius 3 is 2.60 bits per heavy atom. The Morgan fingerprint density at radius 2 is 2.05 bits per heavy atom. The normalized spacial score (nSPS) is 16.6. The Kier molecular flexibility index (Phi) is 3.89. The second-order valence-electron chi connectivity index (χ2n) is 5.30. The molecule has 0 aliphatic carbocycles. The van der Waals surface area contributed by atoms with Crippen LogP contribution in [-0.2, 0) is 0 Å². The second kappa shape index (κ2) is 5.66. The number of amides is 1. The molecule has 0 saturated carbocycles. The van der Waals surface area contributed by atoms with Gasteiger partial charge >= 0.3 is 0 Å². The van der Waals surface area contributed by atoms with Crippen LogP contribution in [0.2, 0.25) is 0 Å². The molecule has 0 aromatic carbocycles. The summed E-state index contributed by atoms with van der Waals surface area (Å²) in [6.45, 7) is 5.77. The average Bonchev–Trinajstić information content (AvgIpc) is 3.07. The summed E-state index contributed by atoms with van der Waals surface area (Å²) < 4.78 is 0.